The molecule has 0 fully saturated rings. The van der Waals surface area contributed by atoms with E-state index in [4.69, 9.17) is 9.47 Å². The summed E-state index contributed by atoms with van der Waals surface area (Å²) in [4.78, 5) is 0. The van der Waals surface area contributed by atoms with Crippen molar-refractivity contribution in [3.05, 3.63) is 59.9 Å². The van der Waals surface area contributed by atoms with Crippen LogP contribution in [0.2, 0.25) is 0 Å². The molecule has 1 heterocycles. The molecule has 0 amide bonds. The number of hydrogen-bond donors (Lipinski definition) is 0. The maximum Gasteiger partial charge on any atom is 0.219 e. The van der Waals surface area contributed by atoms with Crippen molar-refractivity contribution in [3.63, 3.8) is 0 Å². The monoisotopic (exact) mass is 212 g/mol. The van der Waals surface area contributed by atoms with Gasteiger partial charge in [-0.1, -0.05) is 30.0 Å². The molecule has 1 aliphatic rings. The summed E-state index contributed by atoms with van der Waals surface area (Å²) in [6.07, 6.45) is 5.16. The van der Waals surface area contributed by atoms with Crippen LogP contribution in [0.1, 0.15) is 5.56 Å². The van der Waals surface area contributed by atoms with Gasteiger partial charge in [-0.2, -0.15) is 0 Å². The highest BCUT2D eigenvalue weighted by Gasteiger charge is 2.11. The van der Waals surface area contributed by atoms with Gasteiger partial charge in [0.15, 0.2) is 0 Å². The summed E-state index contributed by atoms with van der Waals surface area (Å²) >= 11 is 0. The second-order valence-electron chi connectivity index (χ2n) is 3.26. The average Bonchev–Trinajstić information content (AvgIpc) is 2.78. The van der Waals surface area contributed by atoms with E-state index in [9.17, 15) is 0 Å². The highest BCUT2D eigenvalue weighted by atomic mass is 16.7. The van der Waals surface area contributed by atoms with E-state index in [0.717, 1.165) is 11.3 Å². The molecule has 0 bridgehead atoms. The van der Waals surface area contributed by atoms with Crippen molar-refractivity contribution in [2.45, 2.75) is 6.29 Å². The van der Waals surface area contributed by atoms with E-state index in [1.54, 1.807) is 13.2 Å². The number of allylic oxidation sites excluding steroid dienone is 2. The van der Waals surface area contributed by atoms with E-state index >= 15 is 0 Å². The van der Waals surface area contributed by atoms with Crippen LogP contribution in [0, 0.1) is 11.8 Å². The number of ether oxygens (including phenoxy) is 2. The van der Waals surface area contributed by atoms with Crippen LogP contribution in [0.3, 0.4) is 0 Å². The zero-order valence-electron chi connectivity index (χ0n) is 9.01. The molecule has 0 saturated heterocycles. The van der Waals surface area contributed by atoms with Gasteiger partial charge in [-0.05, 0) is 24.3 Å². The van der Waals surface area contributed by atoms with E-state index < -0.39 is 0 Å². The van der Waals surface area contributed by atoms with Crippen molar-refractivity contribution in [1.82, 2.24) is 0 Å². The lowest BCUT2D eigenvalue weighted by atomic mass is 10.2. The third-order valence-corrected chi connectivity index (χ3v) is 2.11. The Balaban J connectivity index is 2.01. The Kier molecular flexibility index (Phi) is 3.42. The van der Waals surface area contributed by atoms with Crippen molar-refractivity contribution in [3.8, 4) is 11.8 Å². The minimum absolute atomic E-state index is 0.273. The first-order valence-corrected chi connectivity index (χ1v) is 5.03. The predicted octanol–water partition coefficient (Wildman–Crippen LogP) is 2.48. The van der Waals surface area contributed by atoms with Gasteiger partial charge in [0.25, 0.3) is 0 Å². The number of methoxy groups -OCH3 is 1. The lowest BCUT2D eigenvalue weighted by Crippen LogP contribution is -2.05. The fraction of sp³-hybridized carbons (Fsp3) is 0.143. The lowest BCUT2D eigenvalue weighted by molar-refractivity contribution is -0.0446. The zero-order chi connectivity index (χ0) is 11.2. The Morgan fingerprint density at radius 2 is 2.12 bits per heavy atom. The number of benzene rings is 1. The van der Waals surface area contributed by atoms with Gasteiger partial charge in [0.1, 0.15) is 5.76 Å². The topological polar surface area (TPSA) is 18.5 Å². The predicted molar refractivity (Wildman–Crippen MR) is 62.4 cm³/mol. The SMILES string of the molecule is COC1C=C/C(=C\C#Cc2ccccc2)O1. The molecule has 0 N–H and O–H groups in total. The van der Waals surface area contributed by atoms with Crippen LogP contribution in [0.15, 0.2) is 54.3 Å². The van der Waals surface area contributed by atoms with Crippen molar-refractivity contribution in [2.75, 3.05) is 7.11 Å². The fourth-order valence-electron chi connectivity index (χ4n) is 1.31. The second kappa shape index (κ2) is 5.20. The molecule has 0 spiro atoms. The Morgan fingerprint density at radius 3 is 2.81 bits per heavy atom. The molecular weight excluding hydrogens is 200 g/mol. The Labute approximate surface area is 95.2 Å². The highest BCUT2D eigenvalue weighted by Crippen LogP contribution is 2.14. The molecule has 1 aliphatic heterocycles. The Bertz CT molecular complexity index is 461. The summed E-state index contributed by atoms with van der Waals surface area (Å²) in [7, 11) is 1.60. The van der Waals surface area contributed by atoms with Gasteiger partial charge in [0, 0.05) is 18.7 Å². The van der Waals surface area contributed by atoms with Crippen LogP contribution in [-0.4, -0.2) is 13.4 Å². The van der Waals surface area contributed by atoms with Crippen LogP contribution in [-0.2, 0) is 9.47 Å². The lowest BCUT2D eigenvalue weighted by Gasteiger charge is -2.05. The molecule has 2 heteroatoms. The molecule has 0 aliphatic carbocycles. The largest absolute Gasteiger partial charge is 0.461 e. The first kappa shape index (κ1) is 10.5. The summed E-state index contributed by atoms with van der Waals surface area (Å²) in [6.45, 7) is 0. The summed E-state index contributed by atoms with van der Waals surface area (Å²) in [5.41, 5.74) is 0.990. The van der Waals surface area contributed by atoms with Gasteiger partial charge in [-0.3, -0.25) is 0 Å². The third kappa shape index (κ3) is 2.75. The van der Waals surface area contributed by atoms with Gasteiger partial charge < -0.3 is 9.47 Å². The molecule has 2 rings (SSSR count). The van der Waals surface area contributed by atoms with Crippen molar-refractivity contribution < 1.29 is 9.47 Å². The Hall–Kier alpha value is -1.98. The summed E-state index contributed by atoms with van der Waals surface area (Å²) in [5, 5.41) is 0. The molecule has 80 valence electrons. The molecule has 0 radical (unpaired) electrons. The molecular formula is C14H12O2. The van der Waals surface area contributed by atoms with Crippen molar-refractivity contribution >= 4 is 0 Å². The van der Waals surface area contributed by atoms with Crippen LogP contribution >= 0.6 is 0 Å². The summed E-state index contributed by atoms with van der Waals surface area (Å²) in [5.74, 6) is 6.70. The van der Waals surface area contributed by atoms with Gasteiger partial charge in [-0.25, -0.2) is 0 Å². The second-order valence-corrected chi connectivity index (χ2v) is 3.26. The smallest absolute Gasteiger partial charge is 0.219 e. The van der Waals surface area contributed by atoms with E-state index in [2.05, 4.69) is 11.8 Å². The van der Waals surface area contributed by atoms with Crippen LogP contribution in [0.4, 0.5) is 0 Å². The van der Waals surface area contributed by atoms with Crippen LogP contribution in [0.25, 0.3) is 0 Å². The molecule has 0 aromatic heterocycles. The molecule has 0 saturated carbocycles. The van der Waals surface area contributed by atoms with E-state index in [-0.39, 0.29) is 6.29 Å². The number of rotatable bonds is 1. The Morgan fingerprint density at radius 1 is 1.31 bits per heavy atom. The van der Waals surface area contributed by atoms with Gasteiger partial charge in [-0.15, -0.1) is 0 Å². The van der Waals surface area contributed by atoms with Crippen molar-refractivity contribution in [1.29, 1.82) is 0 Å². The van der Waals surface area contributed by atoms with Gasteiger partial charge >= 0.3 is 0 Å². The van der Waals surface area contributed by atoms with Gasteiger partial charge in [0.2, 0.25) is 6.29 Å². The first-order chi connectivity index (χ1) is 7.88. The van der Waals surface area contributed by atoms with Crippen molar-refractivity contribution in [2.24, 2.45) is 0 Å². The first-order valence-electron chi connectivity index (χ1n) is 5.03. The maximum atomic E-state index is 5.37. The van der Waals surface area contributed by atoms with Crippen LogP contribution in [0.5, 0.6) is 0 Å². The minimum Gasteiger partial charge on any atom is -0.461 e. The quantitative estimate of drug-likeness (QED) is 0.666. The molecule has 1 aromatic carbocycles. The minimum atomic E-state index is -0.273. The zero-order valence-corrected chi connectivity index (χ0v) is 9.01. The molecule has 1 atom stereocenters. The van der Waals surface area contributed by atoms with E-state index in [1.807, 2.05) is 42.5 Å². The van der Waals surface area contributed by atoms with Gasteiger partial charge in [0.05, 0.1) is 0 Å². The standard InChI is InChI=1S/C14H12O2/c1-15-14-11-10-13(16-14)9-5-8-12-6-3-2-4-7-12/h2-4,6-7,9-11,14H,1H3/b13-9+. The van der Waals surface area contributed by atoms with E-state index in [0.29, 0.717) is 0 Å². The van der Waals surface area contributed by atoms with Crippen LogP contribution < -0.4 is 0 Å². The normalized spacial score (nSPS) is 20.3. The fourth-order valence-corrected chi connectivity index (χ4v) is 1.31. The molecule has 1 aromatic rings. The molecule has 2 nitrogen and oxygen atoms in total. The molecule has 16 heavy (non-hydrogen) atoms. The third-order valence-electron chi connectivity index (χ3n) is 2.11. The maximum absolute atomic E-state index is 5.37. The van der Waals surface area contributed by atoms with E-state index in [1.165, 1.54) is 0 Å². The summed E-state index contributed by atoms with van der Waals surface area (Å²) in [6, 6.07) is 9.83. The average molecular weight is 212 g/mol. The highest BCUT2D eigenvalue weighted by molar-refractivity contribution is 5.38. The summed E-state index contributed by atoms with van der Waals surface area (Å²) < 4.78 is 10.4. The molecule has 1 unspecified atom stereocenters. The number of hydrogen-bond acceptors (Lipinski definition) is 2.